The van der Waals surface area contributed by atoms with Crippen LogP contribution in [0.5, 0.6) is 0 Å². The van der Waals surface area contributed by atoms with Crippen molar-refractivity contribution in [3.8, 4) is 0 Å². The molecule has 104 valence electrons. The van der Waals surface area contributed by atoms with Gasteiger partial charge in [0.2, 0.25) is 0 Å². The Labute approximate surface area is 110 Å². The summed E-state index contributed by atoms with van der Waals surface area (Å²) in [6.07, 6.45) is 0.895. The minimum Gasteiger partial charge on any atom is -0.381 e. The first-order chi connectivity index (χ1) is 9.08. The number of amides is 2. The van der Waals surface area contributed by atoms with Gasteiger partial charge in [0.05, 0.1) is 6.61 Å². The van der Waals surface area contributed by atoms with Gasteiger partial charge >= 0.3 is 6.03 Å². The molecule has 1 saturated heterocycles. The SMILES string of the molecule is CN(CC1CCOC1)C(=O)Nc1c(F)cccc1F. The summed E-state index contributed by atoms with van der Waals surface area (Å²) in [5.74, 6) is -1.29. The van der Waals surface area contributed by atoms with Crippen molar-refractivity contribution in [3.63, 3.8) is 0 Å². The molecule has 4 nitrogen and oxygen atoms in total. The van der Waals surface area contributed by atoms with E-state index < -0.39 is 23.4 Å². The second-order valence-corrected chi connectivity index (χ2v) is 4.64. The molecular weight excluding hydrogens is 254 g/mol. The summed E-state index contributed by atoms with van der Waals surface area (Å²) in [7, 11) is 1.59. The van der Waals surface area contributed by atoms with Gasteiger partial charge in [-0.25, -0.2) is 13.6 Å². The Bertz CT molecular complexity index is 442. The summed E-state index contributed by atoms with van der Waals surface area (Å²) >= 11 is 0. The maximum atomic E-state index is 13.4. The summed E-state index contributed by atoms with van der Waals surface area (Å²) < 4.78 is 32.0. The highest BCUT2D eigenvalue weighted by Crippen LogP contribution is 2.19. The normalized spacial score (nSPS) is 18.4. The highest BCUT2D eigenvalue weighted by atomic mass is 19.1. The number of para-hydroxylation sites is 1. The quantitative estimate of drug-likeness (QED) is 0.916. The van der Waals surface area contributed by atoms with E-state index in [0.717, 1.165) is 18.6 Å². The van der Waals surface area contributed by atoms with Gasteiger partial charge in [0, 0.05) is 26.1 Å². The third-order valence-electron chi connectivity index (χ3n) is 3.10. The van der Waals surface area contributed by atoms with Crippen molar-refractivity contribution in [2.45, 2.75) is 6.42 Å². The first kappa shape index (κ1) is 13.7. The van der Waals surface area contributed by atoms with Crippen LogP contribution in [0.2, 0.25) is 0 Å². The fourth-order valence-electron chi connectivity index (χ4n) is 2.02. The first-order valence-corrected chi connectivity index (χ1v) is 6.12. The Hall–Kier alpha value is -1.69. The number of halogens is 2. The van der Waals surface area contributed by atoms with Gasteiger partial charge in [-0.05, 0) is 18.6 Å². The lowest BCUT2D eigenvalue weighted by Gasteiger charge is -2.21. The van der Waals surface area contributed by atoms with Crippen molar-refractivity contribution in [1.29, 1.82) is 0 Å². The standard InChI is InChI=1S/C13H16F2N2O2/c1-17(7-9-5-6-19-8-9)13(18)16-12-10(14)3-2-4-11(12)15/h2-4,9H,5-8H2,1H3,(H,16,18). The smallest absolute Gasteiger partial charge is 0.321 e. The predicted molar refractivity (Wildman–Crippen MR) is 66.9 cm³/mol. The predicted octanol–water partition coefficient (Wildman–Crippen LogP) is 2.47. The van der Waals surface area contributed by atoms with Crippen LogP contribution in [0.15, 0.2) is 18.2 Å². The van der Waals surface area contributed by atoms with Crippen LogP contribution in [0.3, 0.4) is 0 Å². The molecule has 1 aromatic rings. The average Bonchev–Trinajstić information content (AvgIpc) is 2.86. The van der Waals surface area contributed by atoms with Crippen LogP contribution in [-0.4, -0.2) is 37.7 Å². The molecule has 2 rings (SSSR count). The molecule has 19 heavy (non-hydrogen) atoms. The Balaban J connectivity index is 1.96. The topological polar surface area (TPSA) is 41.6 Å². The van der Waals surface area contributed by atoms with E-state index in [0.29, 0.717) is 19.8 Å². The number of ether oxygens (including phenoxy) is 1. The maximum absolute atomic E-state index is 13.4. The summed E-state index contributed by atoms with van der Waals surface area (Å²) in [4.78, 5) is 13.3. The number of benzene rings is 1. The third-order valence-corrected chi connectivity index (χ3v) is 3.10. The van der Waals surface area contributed by atoms with Crippen LogP contribution in [-0.2, 0) is 4.74 Å². The van der Waals surface area contributed by atoms with Crippen LogP contribution in [0, 0.1) is 17.6 Å². The number of anilines is 1. The molecule has 1 atom stereocenters. The van der Waals surface area contributed by atoms with Crippen molar-refractivity contribution in [3.05, 3.63) is 29.8 Å². The van der Waals surface area contributed by atoms with E-state index in [1.54, 1.807) is 7.05 Å². The third kappa shape index (κ3) is 3.41. The molecule has 1 N–H and O–H groups in total. The van der Waals surface area contributed by atoms with Gasteiger partial charge in [0.1, 0.15) is 17.3 Å². The summed E-state index contributed by atoms with van der Waals surface area (Å²) in [5.41, 5.74) is -0.415. The molecule has 1 fully saturated rings. The van der Waals surface area contributed by atoms with Crippen LogP contribution in [0.25, 0.3) is 0 Å². The Morgan fingerprint density at radius 2 is 2.16 bits per heavy atom. The second-order valence-electron chi connectivity index (χ2n) is 4.64. The average molecular weight is 270 g/mol. The molecule has 0 bridgehead atoms. The number of rotatable bonds is 3. The van der Waals surface area contributed by atoms with Gasteiger partial charge in [-0.3, -0.25) is 0 Å². The van der Waals surface area contributed by atoms with E-state index in [1.807, 2.05) is 0 Å². The first-order valence-electron chi connectivity index (χ1n) is 6.12. The number of carbonyl (C=O) groups is 1. The van der Waals surface area contributed by atoms with Crippen molar-refractivity contribution in [1.82, 2.24) is 4.90 Å². The van der Waals surface area contributed by atoms with E-state index in [1.165, 1.54) is 11.0 Å². The monoisotopic (exact) mass is 270 g/mol. The lowest BCUT2D eigenvalue weighted by Crippen LogP contribution is -2.35. The summed E-state index contributed by atoms with van der Waals surface area (Å²) in [6.45, 7) is 1.82. The molecule has 0 radical (unpaired) electrons. The van der Waals surface area contributed by atoms with Gasteiger partial charge in [0.15, 0.2) is 0 Å². The van der Waals surface area contributed by atoms with Gasteiger partial charge in [-0.15, -0.1) is 0 Å². The van der Waals surface area contributed by atoms with Crippen LogP contribution >= 0.6 is 0 Å². The fourth-order valence-corrected chi connectivity index (χ4v) is 2.02. The second kappa shape index (κ2) is 5.97. The Morgan fingerprint density at radius 3 is 2.74 bits per heavy atom. The largest absolute Gasteiger partial charge is 0.381 e. The minimum absolute atomic E-state index is 0.279. The minimum atomic E-state index is -0.786. The summed E-state index contributed by atoms with van der Waals surface area (Å²) in [5, 5.41) is 2.25. The molecular formula is C13H16F2N2O2. The van der Waals surface area contributed by atoms with Crippen molar-refractivity contribution < 1.29 is 18.3 Å². The zero-order valence-electron chi connectivity index (χ0n) is 10.7. The van der Waals surface area contributed by atoms with Crippen molar-refractivity contribution in [2.24, 2.45) is 5.92 Å². The molecule has 1 unspecified atom stereocenters. The van der Waals surface area contributed by atoms with E-state index >= 15 is 0 Å². The van der Waals surface area contributed by atoms with E-state index in [9.17, 15) is 13.6 Å². The van der Waals surface area contributed by atoms with Gasteiger partial charge in [-0.1, -0.05) is 6.07 Å². The van der Waals surface area contributed by atoms with Gasteiger partial charge in [0.25, 0.3) is 0 Å². The highest BCUT2D eigenvalue weighted by Gasteiger charge is 2.21. The number of nitrogens with one attached hydrogen (secondary N) is 1. The molecule has 0 aromatic heterocycles. The molecule has 6 heteroatoms. The Morgan fingerprint density at radius 1 is 1.47 bits per heavy atom. The highest BCUT2D eigenvalue weighted by molar-refractivity contribution is 5.89. The summed E-state index contributed by atoms with van der Waals surface area (Å²) in [6, 6.07) is 2.92. The zero-order valence-corrected chi connectivity index (χ0v) is 10.7. The molecule has 1 aliphatic rings. The number of urea groups is 1. The van der Waals surface area contributed by atoms with Crippen molar-refractivity contribution in [2.75, 3.05) is 32.1 Å². The van der Waals surface area contributed by atoms with Crippen LogP contribution in [0.1, 0.15) is 6.42 Å². The zero-order chi connectivity index (χ0) is 13.8. The van der Waals surface area contributed by atoms with E-state index in [2.05, 4.69) is 5.32 Å². The lowest BCUT2D eigenvalue weighted by atomic mass is 10.1. The lowest BCUT2D eigenvalue weighted by molar-refractivity contribution is 0.175. The van der Waals surface area contributed by atoms with E-state index in [4.69, 9.17) is 4.74 Å². The number of carbonyl (C=O) groups excluding carboxylic acids is 1. The Kier molecular flexibility index (Phi) is 4.31. The molecule has 0 spiro atoms. The number of nitrogens with zero attached hydrogens (tertiary/aromatic N) is 1. The fraction of sp³-hybridized carbons (Fsp3) is 0.462. The molecule has 1 aromatic carbocycles. The van der Waals surface area contributed by atoms with Crippen LogP contribution in [0.4, 0.5) is 19.3 Å². The number of hydrogen-bond acceptors (Lipinski definition) is 2. The van der Waals surface area contributed by atoms with Crippen LogP contribution < -0.4 is 5.32 Å². The molecule has 1 heterocycles. The molecule has 0 saturated carbocycles. The maximum Gasteiger partial charge on any atom is 0.321 e. The van der Waals surface area contributed by atoms with Gasteiger partial charge < -0.3 is 15.0 Å². The molecule has 1 aliphatic heterocycles. The van der Waals surface area contributed by atoms with E-state index in [-0.39, 0.29) is 5.92 Å². The van der Waals surface area contributed by atoms with Gasteiger partial charge in [-0.2, -0.15) is 0 Å². The number of hydrogen-bond donors (Lipinski definition) is 1. The molecule has 2 amide bonds. The molecule has 0 aliphatic carbocycles. The van der Waals surface area contributed by atoms with Crippen molar-refractivity contribution >= 4 is 11.7 Å².